The van der Waals surface area contributed by atoms with Crippen molar-refractivity contribution in [3.05, 3.63) is 24.3 Å². The zero-order chi connectivity index (χ0) is 11.0. The summed E-state index contributed by atoms with van der Waals surface area (Å²) < 4.78 is 44.4. The first-order valence-electron chi connectivity index (χ1n) is 3.62. The van der Waals surface area contributed by atoms with Gasteiger partial charge in [-0.05, 0) is 24.3 Å². The second-order valence-electron chi connectivity index (χ2n) is 2.95. The first kappa shape index (κ1) is 11.2. The van der Waals surface area contributed by atoms with Gasteiger partial charge in [0.05, 0.1) is 9.79 Å². The van der Waals surface area contributed by atoms with Crippen LogP contribution >= 0.6 is 0 Å². The summed E-state index contributed by atoms with van der Waals surface area (Å²) in [6.07, 6.45) is 2.03. The Bertz CT molecular complexity index is 493. The van der Waals surface area contributed by atoms with E-state index in [2.05, 4.69) is 6.07 Å². The molecule has 1 aromatic rings. The second-order valence-corrected chi connectivity index (χ2v) is 6.98. The van der Waals surface area contributed by atoms with Gasteiger partial charge in [-0.1, -0.05) is 0 Å². The maximum atomic E-state index is 11.1. The first-order valence-corrected chi connectivity index (χ1v) is 7.41. The molecule has 4 nitrogen and oxygen atoms in total. The molecule has 1 rings (SSSR count). The highest BCUT2D eigenvalue weighted by Gasteiger charge is 2.12. The minimum atomic E-state index is -3.38. The molecule has 1 radical (unpaired) electrons. The van der Waals surface area contributed by atoms with E-state index in [1.54, 1.807) is 0 Å². The number of hydrogen-bond donors (Lipinski definition) is 0. The Balaban J connectivity index is 3.44. The van der Waals surface area contributed by atoms with Crippen molar-refractivity contribution in [1.29, 1.82) is 0 Å². The predicted octanol–water partition coefficient (Wildman–Crippen LogP) is 0.294. The number of benzene rings is 1. The Morgan fingerprint density at radius 2 is 1.29 bits per heavy atom. The Hall–Kier alpha value is -0.880. The molecular formula is C8H9O4S2. The third kappa shape index (κ3) is 2.55. The molecule has 0 aromatic heterocycles. The van der Waals surface area contributed by atoms with Gasteiger partial charge in [-0.2, -0.15) is 0 Å². The summed E-state index contributed by atoms with van der Waals surface area (Å²) in [4.78, 5) is -0.0825. The predicted molar refractivity (Wildman–Crippen MR) is 51.5 cm³/mol. The lowest BCUT2D eigenvalue weighted by Gasteiger charge is -2.00. The van der Waals surface area contributed by atoms with E-state index in [1.807, 2.05) is 0 Å². The number of rotatable bonds is 2. The molecule has 0 amide bonds. The molecule has 0 saturated heterocycles. The molecule has 0 aliphatic rings. The van der Waals surface area contributed by atoms with Crippen molar-refractivity contribution in [2.24, 2.45) is 0 Å². The molecule has 77 valence electrons. The van der Waals surface area contributed by atoms with Crippen molar-refractivity contribution in [1.82, 2.24) is 0 Å². The Morgan fingerprint density at radius 1 is 0.929 bits per heavy atom. The maximum Gasteiger partial charge on any atom is 0.175 e. The van der Waals surface area contributed by atoms with Crippen LogP contribution in [0.2, 0.25) is 0 Å². The molecule has 0 bridgehead atoms. The SMILES string of the molecule is CS(=O)(=O)c1c[c]cc(S(C)(=O)=O)c1. The fraction of sp³-hybridized carbons (Fsp3) is 0.250. The lowest BCUT2D eigenvalue weighted by atomic mass is 10.4. The van der Waals surface area contributed by atoms with Gasteiger partial charge in [0.15, 0.2) is 19.7 Å². The molecule has 0 atom stereocenters. The average molecular weight is 233 g/mol. The van der Waals surface area contributed by atoms with Gasteiger partial charge in [-0.15, -0.1) is 0 Å². The summed E-state index contributed by atoms with van der Waals surface area (Å²) in [5.41, 5.74) is 0. The molecule has 0 aliphatic carbocycles. The molecule has 0 unspecified atom stereocenters. The molecule has 0 spiro atoms. The van der Waals surface area contributed by atoms with Crippen molar-refractivity contribution in [2.75, 3.05) is 12.5 Å². The summed E-state index contributed by atoms with van der Waals surface area (Å²) in [6.45, 7) is 0. The highest BCUT2D eigenvalue weighted by atomic mass is 32.2. The van der Waals surface area contributed by atoms with Crippen LogP contribution in [0.3, 0.4) is 0 Å². The second kappa shape index (κ2) is 3.36. The Kier molecular flexibility index (Phi) is 2.69. The Labute approximate surface area is 83.4 Å². The van der Waals surface area contributed by atoms with Crippen LogP contribution in [0.5, 0.6) is 0 Å². The van der Waals surface area contributed by atoms with Crippen LogP contribution < -0.4 is 0 Å². The molecule has 0 heterocycles. The molecular weight excluding hydrogens is 224 g/mol. The zero-order valence-electron chi connectivity index (χ0n) is 7.68. The van der Waals surface area contributed by atoms with Gasteiger partial charge in [0.1, 0.15) is 0 Å². The van der Waals surface area contributed by atoms with E-state index in [0.29, 0.717) is 0 Å². The zero-order valence-corrected chi connectivity index (χ0v) is 9.31. The third-order valence-electron chi connectivity index (χ3n) is 1.59. The van der Waals surface area contributed by atoms with Gasteiger partial charge in [-0.3, -0.25) is 0 Å². The van der Waals surface area contributed by atoms with E-state index in [0.717, 1.165) is 18.6 Å². The van der Waals surface area contributed by atoms with Crippen molar-refractivity contribution in [3.63, 3.8) is 0 Å². The summed E-state index contributed by atoms with van der Waals surface area (Å²) in [5, 5.41) is 0. The summed E-state index contributed by atoms with van der Waals surface area (Å²) in [5.74, 6) is 0. The fourth-order valence-electron chi connectivity index (χ4n) is 0.858. The van der Waals surface area contributed by atoms with Crippen LogP contribution in [0.1, 0.15) is 0 Å². The first-order chi connectivity index (χ1) is 6.21. The lowest BCUT2D eigenvalue weighted by Crippen LogP contribution is -2.01. The van der Waals surface area contributed by atoms with E-state index in [-0.39, 0.29) is 9.79 Å². The van der Waals surface area contributed by atoms with Crippen molar-refractivity contribution < 1.29 is 16.8 Å². The number of hydrogen-bond acceptors (Lipinski definition) is 4. The van der Waals surface area contributed by atoms with E-state index in [9.17, 15) is 16.8 Å². The van der Waals surface area contributed by atoms with E-state index in [1.165, 1.54) is 12.1 Å². The van der Waals surface area contributed by atoms with Gasteiger partial charge in [0, 0.05) is 12.5 Å². The van der Waals surface area contributed by atoms with Crippen LogP contribution in [0.25, 0.3) is 0 Å². The monoisotopic (exact) mass is 233 g/mol. The van der Waals surface area contributed by atoms with Gasteiger partial charge >= 0.3 is 0 Å². The molecule has 0 saturated carbocycles. The highest BCUT2D eigenvalue weighted by molar-refractivity contribution is 7.91. The largest absolute Gasteiger partial charge is 0.224 e. The molecule has 0 N–H and O–H groups in total. The molecule has 14 heavy (non-hydrogen) atoms. The van der Waals surface area contributed by atoms with Gasteiger partial charge in [0.25, 0.3) is 0 Å². The standard InChI is InChI=1S/C8H9O4S2/c1-13(9,10)7-4-3-5-8(6-7)14(2,11)12/h4-6H,1-2H3. The Morgan fingerprint density at radius 3 is 1.57 bits per heavy atom. The third-order valence-corrected chi connectivity index (χ3v) is 3.78. The van der Waals surface area contributed by atoms with Crippen molar-refractivity contribution in [2.45, 2.75) is 9.79 Å². The number of sulfone groups is 2. The van der Waals surface area contributed by atoms with Crippen LogP contribution in [-0.4, -0.2) is 29.3 Å². The van der Waals surface area contributed by atoms with E-state index in [4.69, 9.17) is 0 Å². The van der Waals surface area contributed by atoms with Gasteiger partial charge in [0.2, 0.25) is 0 Å². The minimum absolute atomic E-state index is 0.0413. The van der Waals surface area contributed by atoms with Crippen LogP contribution in [0.15, 0.2) is 28.0 Å². The quantitative estimate of drug-likeness (QED) is 0.736. The topological polar surface area (TPSA) is 68.3 Å². The molecule has 6 heteroatoms. The molecule has 0 aliphatic heterocycles. The minimum Gasteiger partial charge on any atom is -0.224 e. The summed E-state index contributed by atoms with van der Waals surface area (Å²) >= 11 is 0. The highest BCUT2D eigenvalue weighted by Crippen LogP contribution is 2.14. The van der Waals surface area contributed by atoms with Gasteiger partial charge < -0.3 is 0 Å². The van der Waals surface area contributed by atoms with Crippen molar-refractivity contribution in [3.8, 4) is 0 Å². The van der Waals surface area contributed by atoms with Crippen LogP contribution in [-0.2, 0) is 19.7 Å². The van der Waals surface area contributed by atoms with Gasteiger partial charge in [-0.25, -0.2) is 16.8 Å². The smallest absolute Gasteiger partial charge is 0.175 e. The fourth-order valence-corrected chi connectivity index (χ4v) is 2.18. The molecule has 0 fully saturated rings. The van der Waals surface area contributed by atoms with Crippen LogP contribution in [0, 0.1) is 6.07 Å². The van der Waals surface area contributed by atoms with Crippen molar-refractivity contribution >= 4 is 19.7 Å². The van der Waals surface area contributed by atoms with E-state index >= 15 is 0 Å². The maximum absolute atomic E-state index is 11.1. The van der Waals surface area contributed by atoms with Crippen LogP contribution in [0.4, 0.5) is 0 Å². The van der Waals surface area contributed by atoms with E-state index < -0.39 is 19.7 Å². The summed E-state index contributed by atoms with van der Waals surface area (Å²) in [7, 11) is -6.76. The summed E-state index contributed by atoms with van der Waals surface area (Å²) in [6, 6.07) is 6.09. The molecule has 1 aromatic carbocycles. The normalized spacial score (nSPS) is 12.7. The lowest BCUT2D eigenvalue weighted by molar-refractivity contribution is 0.600. The average Bonchev–Trinajstić information content (AvgIpc) is 2.01.